The number of amides is 1. The Bertz CT molecular complexity index is 1110. The fourth-order valence-electron chi connectivity index (χ4n) is 4.80. The Morgan fingerprint density at radius 2 is 1.73 bits per heavy atom. The number of methoxy groups -OCH3 is 1. The van der Waals surface area contributed by atoms with Gasteiger partial charge < -0.3 is 14.5 Å². The number of para-hydroxylation sites is 2. The fourth-order valence-corrected chi connectivity index (χ4v) is 6.64. The van der Waals surface area contributed by atoms with Crippen molar-refractivity contribution >= 4 is 21.6 Å². The molecule has 2 aromatic carbocycles. The third-order valence-corrected chi connectivity index (χ3v) is 8.72. The summed E-state index contributed by atoms with van der Waals surface area (Å²) in [6, 6.07) is 13.4. The lowest BCUT2D eigenvalue weighted by Gasteiger charge is -2.39. The number of carbonyl (C=O) groups excluding carboxylic acids is 1. The Morgan fingerprint density at radius 3 is 2.45 bits per heavy atom. The quantitative estimate of drug-likeness (QED) is 0.670. The Kier molecular flexibility index (Phi) is 6.95. The molecule has 8 heteroatoms. The molecule has 0 bridgehead atoms. The molecule has 1 atom stereocenters. The van der Waals surface area contributed by atoms with Crippen molar-refractivity contribution in [3.05, 3.63) is 53.6 Å². The summed E-state index contributed by atoms with van der Waals surface area (Å²) in [4.78, 5) is 17.8. The van der Waals surface area contributed by atoms with Gasteiger partial charge >= 0.3 is 0 Å². The molecule has 0 radical (unpaired) electrons. The van der Waals surface area contributed by atoms with Gasteiger partial charge in [-0.25, -0.2) is 8.42 Å². The SMILES string of the molecule is COc1ccccc1N1CCN(C(=O)[C@H]2CCCN(S(=O)(=O)c3cc(C)ccc3C)C2)CC1. The molecule has 2 heterocycles. The zero-order chi connectivity index (χ0) is 23.6. The maximum absolute atomic E-state index is 13.3. The van der Waals surface area contributed by atoms with E-state index in [2.05, 4.69) is 4.90 Å². The molecule has 1 amide bonds. The number of piperidine rings is 1. The zero-order valence-corrected chi connectivity index (χ0v) is 20.5. The maximum atomic E-state index is 13.3. The second-order valence-corrected chi connectivity index (χ2v) is 10.9. The minimum Gasteiger partial charge on any atom is -0.495 e. The molecular weight excluding hydrogens is 438 g/mol. The lowest BCUT2D eigenvalue weighted by molar-refractivity contribution is -0.137. The van der Waals surface area contributed by atoms with Gasteiger partial charge in [0, 0.05) is 39.3 Å². The molecule has 0 aliphatic carbocycles. The first kappa shape index (κ1) is 23.6. The highest BCUT2D eigenvalue weighted by atomic mass is 32.2. The molecule has 0 saturated carbocycles. The van der Waals surface area contributed by atoms with Crippen molar-refractivity contribution in [2.75, 3.05) is 51.3 Å². The Labute approximate surface area is 197 Å². The molecule has 4 rings (SSSR count). The topological polar surface area (TPSA) is 70.2 Å². The van der Waals surface area contributed by atoms with E-state index in [1.807, 2.05) is 55.1 Å². The van der Waals surface area contributed by atoms with Crippen LogP contribution in [0.2, 0.25) is 0 Å². The van der Waals surface area contributed by atoms with Crippen LogP contribution in [0, 0.1) is 19.8 Å². The van der Waals surface area contributed by atoms with Crippen LogP contribution in [0.4, 0.5) is 5.69 Å². The van der Waals surface area contributed by atoms with E-state index in [4.69, 9.17) is 4.74 Å². The number of rotatable bonds is 5. The molecule has 33 heavy (non-hydrogen) atoms. The van der Waals surface area contributed by atoms with Crippen LogP contribution in [0.25, 0.3) is 0 Å². The molecule has 0 aromatic heterocycles. The van der Waals surface area contributed by atoms with E-state index in [1.165, 1.54) is 4.31 Å². The van der Waals surface area contributed by atoms with E-state index in [-0.39, 0.29) is 18.4 Å². The van der Waals surface area contributed by atoms with Gasteiger partial charge in [0.1, 0.15) is 5.75 Å². The van der Waals surface area contributed by atoms with Gasteiger partial charge in [-0.3, -0.25) is 4.79 Å². The van der Waals surface area contributed by atoms with Crippen LogP contribution in [0.15, 0.2) is 47.4 Å². The van der Waals surface area contributed by atoms with Crippen molar-refractivity contribution in [3.8, 4) is 5.75 Å². The highest BCUT2D eigenvalue weighted by Crippen LogP contribution is 2.30. The molecule has 2 fully saturated rings. The van der Waals surface area contributed by atoms with Crippen LogP contribution in [0.3, 0.4) is 0 Å². The average Bonchev–Trinajstić information content (AvgIpc) is 2.85. The van der Waals surface area contributed by atoms with Crippen LogP contribution in [0.5, 0.6) is 5.75 Å². The first-order valence-electron chi connectivity index (χ1n) is 11.6. The third kappa shape index (κ3) is 4.87. The van der Waals surface area contributed by atoms with Gasteiger partial charge in [-0.05, 0) is 56.0 Å². The van der Waals surface area contributed by atoms with Gasteiger partial charge in [0.25, 0.3) is 0 Å². The second kappa shape index (κ2) is 9.73. The van der Waals surface area contributed by atoms with Crippen LogP contribution >= 0.6 is 0 Å². The van der Waals surface area contributed by atoms with Gasteiger partial charge in [0.2, 0.25) is 15.9 Å². The van der Waals surface area contributed by atoms with Crippen molar-refractivity contribution < 1.29 is 17.9 Å². The number of anilines is 1. The van der Waals surface area contributed by atoms with Crippen LogP contribution in [-0.4, -0.2) is 69.9 Å². The lowest BCUT2D eigenvalue weighted by atomic mass is 9.97. The summed E-state index contributed by atoms with van der Waals surface area (Å²) in [5, 5.41) is 0. The largest absolute Gasteiger partial charge is 0.495 e. The standard InChI is InChI=1S/C25H33N3O4S/c1-19-10-11-20(2)24(17-19)33(30,31)28-12-6-7-21(18-28)25(29)27-15-13-26(14-16-27)22-8-4-5-9-23(22)32-3/h4-5,8-11,17,21H,6-7,12-16,18H2,1-3H3/t21-/m0/s1. The number of piperazine rings is 1. The molecule has 178 valence electrons. The lowest BCUT2D eigenvalue weighted by Crippen LogP contribution is -2.53. The van der Waals surface area contributed by atoms with Gasteiger partial charge in [0.05, 0.1) is 23.6 Å². The molecule has 7 nitrogen and oxygen atoms in total. The summed E-state index contributed by atoms with van der Waals surface area (Å²) in [7, 11) is -1.96. The molecular formula is C25H33N3O4S. The molecule has 0 unspecified atom stereocenters. The van der Waals surface area contributed by atoms with Gasteiger partial charge in [-0.15, -0.1) is 0 Å². The van der Waals surface area contributed by atoms with Gasteiger partial charge in [-0.2, -0.15) is 4.31 Å². The summed E-state index contributed by atoms with van der Waals surface area (Å²) in [5.41, 5.74) is 2.69. The van der Waals surface area contributed by atoms with Crippen LogP contribution in [0.1, 0.15) is 24.0 Å². The third-order valence-electron chi connectivity index (χ3n) is 6.71. The van der Waals surface area contributed by atoms with E-state index in [0.29, 0.717) is 31.0 Å². The number of ether oxygens (including phenoxy) is 1. The maximum Gasteiger partial charge on any atom is 0.243 e. The summed E-state index contributed by atoms with van der Waals surface area (Å²) in [6.07, 6.45) is 1.42. The number of aryl methyl sites for hydroxylation is 2. The minimum absolute atomic E-state index is 0.0653. The van der Waals surface area contributed by atoms with E-state index in [0.717, 1.165) is 42.1 Å². The normalized spacial score (nSPS) is 20.0. The van der Waals surface area contributed by atoms with Crippen LogP contribution < -0.4 is 9.64 Å². The Morgan fingerprint density at radius 1 is 1.00 bits per heavy atom. The number of hydrogen-bond acceptors (Lipinski definition) is 5. The number of benzene rings is 2. The van der Waals surface area contributed by atoms with E-state index >= 15 is 0 Å². The molecule has 2 aliphatic rings. The van der Waals surface area contributed by atoms with Crippen molar-refractivity contribution in [2.24, 2.45) is 5.92 Å². The number of hydrogen-bond donors (Lipinski definition) is 0. The predicted molar refractivity (Wildman–Crippen MR) is 129 cm³/mol. The molecule has 2 aromatic rings. The van der Waals surface area contributed by atoms with Crippen molar-refractivity contribution in [2.45, 2.75) is 31.6 Å². The number of carbonyl (C=O) groups is 1. The minimum atomic E-state index is -3.62. The van der Waals surface area contributed by atoms with Crippen LogP contribution in [-0.2, 0) is 14.8 Å². The van der Waals surface area contributed by atoms with E-state index < -0.39 is 10.0 Å². The van der Waals surface area contributed by atoms with E-state index in [1.54, 1.807) is 13.2 Å². The highest BCUT2D eigenvalue weighted by Gasteiger charge is 2.36. The van der Waals surface area contributed by atoms with Crippen molar-refractivity contribution in [3.63, 3.8) is 0 Å². The number of sulfonamides is 1. The second-order valence-electron chi connectivity index (χ2n) is 8.96. The van der Waals surface area contributed by atoms with Gasteiger partial charge in [-0.1, -0.05) is 24.3 Å². The Hall–Kier alpha value is -2.58. The first-order valence-corrected chi connectivity index (χ1v) is 13.0. The summed E-state index contributed by atoms with van der Waals surface area (Å²) in [6.45, 7) is 7.12. The predicted octanol–water partition coefficient (Wildman–Crippen LogP) is 3.06. The van der Waals surface area contributed by atoms with E-state index in [9.17, 15) is 13.2 Å². The zero-order valence-electron chi connectivity index (χ0n) is 19.7. The van der Waals surface area contributed by atoms with Crippen molar-refractivity contribution in [1.82, 2.24) is 9.21 Å². The summed E-state index contributed by atoms with van der Waals surface area (Å²) < 4.78 is 33.7. The fraction of sp³-hybridized carbons (Fsp3) is 0.480. The Balaban J connectivity index is 1.42. The average molecular weight is 472 g/mol. The monoisotopic (exact) mass is 471 g/mol. The molecule has 0 N–H and O–H groups in total. The summed E-state index contributed by atoms with van der Waals surface area (Å²) >= 11 is 0. The molecule has 0 spiro atoms. The molecule has 2 aliphatic heterocycles. The van der Waals surface area contributed by atoms with Gasteiger partial charge in [0.15, 0.2) is 0 Å². The highest BCUT2D eigenvalue weighted by molar-refractivity contribution is 7.89. The van der Waals surface area contributed by atoms with Crippen molar-refractivity contribution in [1.29, 1.82) is 0 Å². The first-order chi connectivity index (χ1) is 15.8. The number of nitrogens with zero attached hydrogens (tertiary/aromatic N) is 3. The smallest absolute Gasteiger partial charge is 0.243 e. The molecule has 2 saturated heterocycles. The summed E-state index contributed by atoms with van der Waals surface area (Å²) in [5.74, 6) is 0.601.